The second kappa shape index (κ2) is 7.38. The van der Waals surface area contributed by atoms with E-state index < -0.39 is 0 Å². The maximum Gasteiger partial charge on any atom is -0.000837 e. The van der Waals surface area contributed by atoms with Gasteiger partial charge >= 0.3 is 0 Å². The van der Waals surface area contributed by atoms with E-state index in [1.54, 1.807) is 0 Å². The van der Waals surface area contributed by atoms with Crippen LogP contribution in [0.3, 0.4) is 0 Å². The summed E-state index contributed by atoms with van der Waals surface area (Å²) in [5, 5.41) is 7.16. The Labute approximate surface area is 107 Å². The molecule has 1 unspecified atom stereocenters. The zero-order valence-corrected chi connectivity index (χ0v) is 11.5. The van der Waals surface area contributed by atoms with Crippen LogP contribution in [0, 0.1) is 17.8 Å². The fraction of sp³-hybridized carbons (Fsp3) is 1.00. The van der Waals surface area contributed by atoms with E-state index in [9.17, 15) is 0 Å². The van der Waals surface area contributed by atoms with Crippen LogP contribution in [-0.4, -0.2) is 26.2 Å². The minimum Gasteiger partial charge on any atom is -0.316 e. The molecule has 2 heteroatoms. The monoisotopic (exact) mass is 238 g/mol. The van der Waals surface area contributed by atoms with Gasteiger partial charge in [0.25, 0.3) is 0 Å². The zero-order valence-electron chi connectivity index (χ0n) is 11.5. The molecular weight excluding hydrogens is 208 g/mol. The molecule has 100 valence electrons. The van der Waals surface area contributed by atoms with E-state index in [1.807, 2.05) is 0 Å². The number of nitrogens with one attached hydrogen (secondary N) is 2. The molecule has 0 spiro atoms. The maximum absolute atomic E-state index is 3.67. The van der Waals surface area contributed by atoms with Crippen molar-refractivity contribution in [3.63, 3.8) is 0 Å². The molecule has 2 aliphatic rings. The molecule has 1 saturated heterocycles. The molecule has 0 aromatic carbocycles. The van der Waals surface area contributed by atoms with E-state index in [0.717, 1.165) is 17.8 Å². The molecule has 0 radical (unpaired) electrons. The number of piperidine rings is 1. The highest BCUT2D eigenvalue weighted by atomic mass is 14.9. The van der Waals surface area contributed by atoms with E-state index in [4.69, 9.17) is 0 Å². The molecule has 2 fully saturated rings. The first-order valence-corrected chi connectivity index (χ1v) is 7.76. The molecule has 0 amide bonds. The third kappa shape index (κ3) is 4.97. The highest BCUT2D eigenvalue weighted by Crippen LogP contribution is 2.29. The van der Waals surface area contributed by atoms with E-state index in [-0.39, 0.29) is 0 Å². The highest BCUT2D eigenvalue weighted by molar-refractivity contribution is 4.73. The average molecular weight is 238 g/mol. The van der Waals surface area contributed by atoms with Crippen molar-refractivity contribution in [1.29, 1.82) is 0 Å². The molecule has 1 heterocycles. The standard InChI is InChI=1S/C15H30N2/c1-13-4-6-14(7-5-13)8-10-17-12-15-3-2-9-16-11-15/h13-17H,2-12H2,1H3. The van der Waals surface area contributed by atoms with Crippen LogP contribution in [0.2, 0.25) is 0 Å². The van der Waals surface area contributed by atoms with Crippen LogP contribution in [0.5, 0.6) is 0 Å². The topological polar surface area (TPSA) is 24.1 Å². The van der Waals surface area contributed by atoms with Crippen molar-refractivity contribution in [1.82, 2.24) is 10.6 Å². The predicted octanol–water partition coefficient (Wildman–Crippen LogP) is 2.79. The first-order valence-electron chi connectivity index (χ1n) is 7.76. The molecule has 0 bridgehead atoms. The van der Waals surface area contributed by atoms with Crippen molar-refractivity contribution >= 4 is 0 Å². The van der Waals surface area contributed by atoms with Gasteiger partial charge in [-0.05, 0) is 63.2 Å². The van der Waals surface area contributed by atoms with Crippen molar-refractivity contribution in [2.45, 2.75) is 51.9 Å². The summed E-state index contributed by atoms with van der Waals surface area (Å²) in [5.74, 6) is 2.89. The Hall–Kier alpha value is -0.0800. The predicted molar refractivity (Wildman–Crippen MR) is 74.2 cm³/mol. The van der Waals surface area contributed by atoms with Gasteiger partial charge in [-0.1, -0.05) is 32.6 Å². The van der Waals surface area contributed by atoms with Crippen LogP contribution in [0.15, 0.2) is 0 Å². The highest BCUT2D eigenvalue weighted by Gasteiger charge is 2.18. The van der Waals surface area contributed by atoms with Gasteiger partial charge in [0, 0.05) is 0 Å². The average Bonchev–Trinajstić information content (AvgIpc) is 2.38. The third-order valence-corrected chi connectivity index (χ3v) is 4.70. The van der Waals surface area contributed by atoms with Gasteiger partial charge in [-0.25, -0.2) is 0 Å². The molecule has 2 nitrogen and oxygen atoms in total. The fourth-order valence-corrected chi connectivity index (χ4v) is 3.33. The summed E-state index contributed by atoms with van der Waals surface area (Å²) < 4.78 is 0. The Kier molecular flexibility index (Phi) is 5.79. The van der Waals surface area contributed by atoms with Gasteiger partial charge < -0.3 is 10.6 Å². The van der Waals surface area contributed by atoms with Gasteiger partial charge in [-0.2, -0.15) is 0 Å². The van der Waals surface area contributed by atoms with Crippen LogP contribution in [0.4, 0.5) is 0 Å². The molecule has 2 N–H and O–H groups in total. The lowest BCUT2D eigenvalue weighted by Gasteiger charge is -2.27. The fourth-order valence-electron chi connectivity index (χ4n) is 3.33. The Morgan fingerprint density at radius 3 is 2.59 bits per heavy atom. The lowest BCUT2D eigenvalue weighted by molar-refractivity contribution is 0.271. The zero-order chi connectivity index (χ0) is 11.9. The Morgan fingerprint density at radius 2 is 1.88 bits per heavy atom. The molecule has 0 aromatic heterocycles. The molecule has 0 aromatic rings. The lowest BCUT2D eigenvalue weighted by Crippen LogP contribution is -2.36. The van der Waals surface area contributed by atoms with Crippen LogP contribution in [0.25, 0.3) is 0 Å². The van der Waals surface area contributed by atoms with Crippen LogP contribution >= 0.6 is 0 Å². The van der Waals surface area contributed by atoms with Crippen LogP contribution < -0.4 is 10.6 Å². The summed E-state index contributed by atoms with van der Waals surface area (Å²) in [6.45, 7) is 7.35. The van der Waals surface area contributed by atoms with Gasteiger partial charge in [-0.3, -0.25) is 0 Å². The van der Waals surface area contributed by atoms with Crippen molar-refractivity contribution in [3.05, 3.63) is 0 Å². The largest absolute Gasteiger partial charge is 0.316 e. The van der Waals surface area contributed by atoms with E-state index in [2.05, 4.69) is 17.6 Å². The van der Waals surface area contributed by atoms with Gasteiger partial charge in [0.2, 0.25) is 0 Å². The van der Waals surface area contributed by atoms with Gasteiger partial charge in [0.15, 0.2) is 0 Å². The Balaban J connectivity index is 1.48. The summed E-state index contributed by atoms with van der Waals surface area (Å²) in [5.41, 5.74) is 0. The third-order valence-electron chi connectivity index (χ3n) is 4.70. The molecule has 17 heavy (non-hydrogen) atoms. The lowest BCUT2D eigenvalue weighted by atomic mass is 9.81. The summed E-state index contributed by atoms with van der Waals surface area (Å²) in [7, 11) is 0. The smallest absolute Gasteiger partial charge is 0.000837 e. The van der Waals surface area contributed by atoms with E-state index in [1.165, 1.54) is 71.1 Å². The molecule has 1 atom stereocenters. The molecule has 2 rings (SSSR count). The quantitative estimate of drug-likeness (QED) is 0.720. The van der Waals surface area contributed by atoms with Crippen molar-refractivity contribution in [3.8, 4) is 0 Å². The molecule has 1 saturated carbocycles. The Bertz CT molecular complexity index is 191. The number of hydrogen-bond acceptors (Lipinski definition) is 2. The Morgan fingerprint density at radius 1 is 1.06 bits per heavy atom. The van der Waals surface area contributed by atoms with E-state index in [0.29, 0.717) is 0 Å². The SMILES string of the molecule is CC1CCC(CCNCC2CCCNC2)CC1. The van der Waals surface area contributed by atoms with Gasteiger partial charge in [-0.15, -0.1) is 0 Å². The summed E-state index contributed by atoms with van der Waals surface area (Å²) in [6, 6.07) is 0. The minimum absolute atomic E-state index is 0.884. The van der Waals surface area contributed by atoms with Crippen LogP contribution in [0.1, 0.15) is 51.9 Å². The van der Waals surface area contributed by atoms with Gasteiger partial charge in [0.1, 0.15) is 0 Å². The minimum atomic E-state index is 0.884. The summed E-state index contributed by atoms with van der Waals surface area (Å²) in [4.78, 5) is 0. The second-order valence-electron chi connectivity index (χ2n) is 6.33. The van der Waals surface area contributed by atoms with Crippen molar-refractivity contribution in [2.75, 3.05) is 26.2 Å². The number of rotatable bonds is 5. The van der Waals surface area contributed by atoms with Crippen LogP contribution in [-0.2, 0) is 0 Å². The second-order valence-corrected chi connectivity index (χ2v) is 6.33. The number of hydrogen-bond donors (Lipinski definition) is 2. The normalized spacial score (nSPS) is 34.8. The first-order chi connectivity index (χ1) is 8.34. The van der Waals surface area contributed by atoms with E-state index >= 15 is 0 Å². The van der Waals surface area contributed by atoms with Crippen molar-refractivity contribution in [2.24, 2.45) is 17.8 Å². The van der Waals surface area contributed by atoms with Crippen molar-refractivity contribution < 1.29 is 0 Å². The summed E-state index contributed by atoms with van der Waals surface area (Å²) >= 11 is 0. The molecule has 1 aliphatic heterocycles. The molecule has 1 aliphatic carbocycles. The maximum atomic E-state index is 3.67. The van der Waals surface area contributed by atoms with Gasteiger partial charge in [0.05, 0.1) is 0 Å². The molecular formula is C15H30N2. The summed E-state index contributed by atoms with van der Waals surface area (Å²) in [6.07, 6.45) is 10.1. The first kappa shape index (κ1) is 13.4.